The Kier molecular flexibility index (Phi) is 5.05. The van der Waals surface area contributed by atoms with Crippen LogP contribution in [0.5, 0.6) is 0 Å². The molecule has 1 aliphatic carbocycles. The minimum Gasteiger partial charge on any atom is -0.381 e. The van der Waals surface area contributed by atoms with Crippen LogP contribution < -0.4 is 5.73 Å². The highest BCUT2D eigenvalue weighted by Gasteiger charge is 2.27. The minimum absolute atomic E-state index is 0.170. The molecule has 0 aromatic carbocycles. The van der Waals surface area contributed by atoms with Crippen molar-refractivity contribution in [1.29, 1.82) is 0 Å². The molecule has 4 nitrogen and oxygen atoms in total. The maximum Gasteiger partial charge on any atom is 0.224 e. The number of amides is 1. The van der Waals surface area contributed by atoms with Gasteiger partial charge in [0.2, 0.25) is 5.91 Å². The molecule has 1 aliphatic rings. The predicted octanol–water partition coefficient (Wildman–Crippen LogP) is 0.609. The monoisotopic (exact) mass is 214 g/mol. The zero-order valence-corrected chi connectivity index (χ0v) is 9.74. The van der Waals surface area contributed by atoms with Crippen molar-refractivity contribution in [3.63, 3.8) is 0 Å². The van der Waals surface area contributed by atoms with E-state index < -0.39 is 0 Å². The molecule has 0 aromatic rings. The number of nitrogens with two attached hydrogens (primary N) is 1. The topological polar surface area (TPSA) is 55.6 Å². The van der Waals surface area contributed by atoms with Gasteiger partial charge in [-0.05, 0) is 25.7 Å². The van der Waals surface area contributed by atoms with E-state index in [4.69, 9.17) is 10.5 Å². The standard InChI is InChI=1S/C11H22N2O2/c1-3-15-5-4-11(14)13(2)8-9-6-10(12)7-9/h9-10H,3-8,12H2,1-2H3. The van der Waals surface area contributed by atoms with Gasteiger partial charge in [0.15, 0.2) is 0 Å². The Morgan fingerprint density at radius 2 is 2.20 bits per heavy atom. The third-order valence-electron chi connectivity index (χ3n) is 2.89. The molecule has 0 radical (unpaired) electrons. The lowest BCUT2D eigenvalue weighted by Gasteiger charge is -2.35. The number of ether oxygens (including phenoxy) is 1. The molecular weight excluding hydrogens is 192 g/mol. The third-order valence-corrected chi connectivity index (χ3v) is 2.89. The van der Waals surface area contributed by atoms with Gasteiger partial charge in [0.05, 0.1) is 13.0 Å². The van der Waals surface area contributed by atoms with Crippen LogP contribution in [0, 0.1) is 5.92 Å². The van der Waals surface area contributed by atoms with E-state index in [-0.39, 0.29) is 5.91 Å². The van der Waals surface area contributed by atoms with Crippen LogP contribution in [0.25, 0.3) is 0 Å². The van der Waals surface area contributed by atoms with Crippen molar-refractivity contribution in [3.8, 4) is 0 Å². The molecule has 0 unspecified atom stereocenters. The summed E-state index contributed by atoms with van der Waals surface area (Å²) in [5.41, 5.74) is 5.70. The molecule has 0 bridgehead atoms. The maximum absolute atomic E-state index is 11.6. The summed E-state index contributed by atoms with van der Waals surface area (Å²) in [5.74, 6) is 0.782. The second-order valence-electron chi connectivity index (χ2n) is 4.32. The quantitative estimate of drug-likeness (QED) is 0.659. The van der Waals surface area contributed by atoms with Gasteiger partial charge in [0.25, 0.3) is 0 Å². The highest BCUT2D eigenvalue weighted by atomic mass is 16.5. The largest absolute Gasteiger partial charge is 0.381 e. The summed E-state index contributed by atoms with van der Waals surface area (Å²) in [6, 6.07) is 0.363. The number of carbonyl (C=O) groups is 1. The Bertz CT molecular complexity index is 203. The highest BCUT2D eigenvalue weighted by Crippen LogP contribution is 2.26. The van der Waals surface area contributed by atoms with Crippen LogP contribution in [0.4, 0.5) is 0 Å². The normalized spacial score (nSPS) is 24.7. The smallest absolute Gasteiger partial charge is 0.224 e. The van der Waals surface area contributed by atoms with E-state index in [0.29, 0.717) is 31.6 Å². The van der Waals surface area contributed by atoms with Crippen LogP contribution in [-0.2, 0) is 9.53 Å². The lowest BCUT2D eigenvalue weighted by atomic mass is 9.80. The van der Waals surface area contributed by atoms with Crippen LogP contribution >= 0.6 is 0 Å². The van der Waals surface area contributed by atoms with Crippen LogP contribution in [0.2, 0.25) is 0 Å². The van der Waals surface area contributed by atoms with Crippen LogP contribution in [-0.4, -0.2) is 43.7 Å². The summed E-state index contributed by atoms with van der Waals surface area (Å²) in [4.78, 5) is 13.4. The molecule has 0 aliphatic heterocycles. The SMILES string of the molecule is CCOCCC(=O)N(C)CC1CC(N)C1. The molecule has 0 spiro atoms. The van der Waals surface area contributed by atoms with Crippen molar-refractivity contribution >= 4 is 5.91 Å². The molecule has 1 rings (SSSR count). The van der Waals surface area contributed by atoms with Crippen molar-refractivity contribution in [2.24, 2.45) is 11.7 Å². The lowest BCUT2D eigenvalue weighted by Crippen LogP contribution is -2.43. The minimum atomic E-state index is 0.170. The average molecular weight is 214 g/mol. The lowest BCUT2D eigenvalue weighted by molar-refractivity contribution is -0.132. The summed E-state index contributed by atoms with van der Waals surface area (Å²) in [7, 11) is 1.86. The number of hydrogen-bond acceptors (Lipinski definition) is 3. The Morgan fingerprint density at radius 3 is 2.73 bits per heavy atom. The van der Waals surface area contributed by atoms with Crippen molar-refractivity contribution in [2.75, 3.05) is 26.8 Å². The Morgan fingerprint density at radius 1 is 1.53 bits per heavy atom. The molecule has 88 valence electrons. The summed E-state index contributed by atoms with van der Waals surface area (Å²) < 4.78 is 5.15. The maximum atomic E-state index is 11.6. The van der Waals surface area contributed by atoms with Gasteiger partial charge < -0.3 is 15.4 Å². The zero-order chi connectivity index (χ0) is 11.3. The van der Waals surface area contributed by atoms with E-state index in [9.17, 15) is 4.79 Å². The van der Waals surface area contributed by atoms with Gasteiger partial charge in [-0.15, -0.1) is 0 Å². The Labute approximate surface area is 91.8 Å². The van der Waals surface area contributed by atoms with Gasteiger partial charge in [-0.2, -0.15) is 0 Å². The molecule has 1 saturated carbocycles. The summed E-state index contributed by atoms with van der Waals surface area (Å²) in [5, 5.41) is 0. The second kappa shape index (κ2) is 6.08. The first-order valence-corrected chi connectivity index (χ1v) is 5.70. The fourth-order valence-electron chi connectivity index (χ4n) is 1.92. The molecule has 0 saturated heterocycles. The van der Waals surface area contributed by atoms with Crippen molar-refractivity contribution in [3.05, 3.63) is 0 Å². The molecule has 0 atom stereocenters. The number of hydrogen-bond donors (Lipinski definition) is 1. The van der Waals surface area contributed by atoms with Crippen LogP contribution in [0.15, 0.2) is 0 Å². The predicted molar refractivity (Wildman–Crippen MR) is 59.4 cm³/mol. The van der Waals surface area contributed by atoms with E-state index >= 15 is 0 Å². The first-order chi connectivity index (χ1) is 7.13. The highest BCUT2D eigenvalue weighted by molar-refractivity contribution is 5.75. The van der Waals surface area contributed by atoms with Crippen LogP contribution in [0.1, 0.15) is 26.2 Å². The van der Waals surface area contributed by atoms with Gasteiger partial charge in [-0.25, -0.2) is 0 Å². The number of carbonyl (C=O) groups excluding carboxylic acids is 1. The molecule has 15 heavy (non-hydrogen) atoms. The van der Waals surface area contributed by atoms with Crippen molar-refractivity contribution < 1.29 is 9.53 Å². The Balaban J connectivity index is 2.10. The van der Waals surface area contributed by atoms with Crippen LogP contribution in [0.3, 0.4) is 0 Å². The van der Waals surface area contributed by atoms with Crippen molar-refractivity contribution in [1.82, 2.24) is 4.90 Å². The summed E-state index contributed by atoms with van der Waals surface area (Å²) in [6.45, 7) is 3.99. The number of rotatable bonds is 6. The van der Waals surface area contributed by atoms with Crippen molar-refractivity contribution in [2.45, 2.75) is 32.2 Å². The van der Waals surface area contributed by atoms with Gasteiger partial charge >= 0.3 is 0 Å². The van der Waals surface area contributed by atoms with Gasteiger partial charge in [-0.3, -0.25) is 4.79 Å². The summed E-state index contributed by atoms with van der Waals surface area (Å²) >= 11 is 0. The van der Waals surface area contributed by atoms with E-state index in [1.165, 1.54) is 0 Å². The number of nitrogens with zero attached hydrogens (tertiary/aromatic N) is 1. The first kappa shape index (κ1) is 12.5. The Hall–Kier alpha value is -0.610. The fraction of sp³-hybridized carbons (Fsp3) is 0.909. The molecule has 0 aromatic heterocycles. The van der Waals surface area contributed by atoms with E-state index in [2.05, 4.69) is 0 Å². The molecule has 0 heterocycles. The van der Waals surface area contributed by atoms with E-state index in [1.807, 2.05) is 14.0 Å². The molecule has 2 N–H and O–H groups in total. The molecular formula is C11H22N2O2. The third kappa shape index (κ3) is 4.18. The molecule has 1 fully saturated rings. The van der Waals surface area contributed by atoms with E-state index in [1.54, 1.807) is 4.90 Å². The van der Waals surface area contributed by atoms with Gasteiger partial charge in [-0.1, -0.05) is 0 Å². The first-order valence-electron chi connectivity index (χ1n) is 5.70. The average Bonchev–Trinajstić information content (AvgIpc) is 2.15. The van der Waals surface area contributed by atoms with Gasteiger partial charge in [0.1, 0.15) is 0 Å². The summed E-state index contributed by atoms with van der Waals surface area (Å²) in [6.07, 6.45) is 2.61. The molecule has 4 heteroatoms. The van der Waals surface area contributed by atoms with Gasteiger partial charge in [0, 0.05) is 26.2 Å². The fourth-order valence-corrected chi connectivity index (χ4v) is 1.92. The van der Waals surface area contributed by atoms with E-state index in [0.717, 1.165) is 19.4 Å². The molecule has 1 amide bonds. The second-order valence-corrected chi connectivity index (χ2v) is 4.32. The zero-order valence-electron chi connectivity index (χ0n) is 9.74.